The molecule has 2 aliphatic heterocycles. The van der Waals surface area contributed by atoms with Crippen molar-refractivity contribution in [3.63, 3.8) is 0 Å². The first-order chi connectivity index (χ1) is 16.5. The molecule has 0 aliphatic carbocycles. The lowest BCUT2D eigenvalue weighted by Crippen LogP contribution is -2.32. The minimum atomic E-state index is -0.455. The van der Waals surface area contributed by atoms with Crippen LogP contribution in [0.15, 0.2) is 78.5 Å². The second kappa shape index (κ2) is 9.05. The standard InChI is InChI=1S/C27H21ClN4O2/c28-20-7-5-19(6-8-20)24-25(30-21-9-13-22(14-10-21)31-15-1-2-16-31)27(34)32(26(24)33)23-11-3-18(17-29)4-12-23/h3-14,30H,1-2,15-16H2. The number of benzene rings is 3. The Morgan fingerprint density at radius 1 is 0.794 bits per heavy atom. The molecule has 3 aromatic rings. The molecule has 0 spiro atoms. The van der Waals surface area contributed by atoms with E-state index in [-0.39, 0.29) is 11.3 Å². The normalized spacial score (nSPS) is 15.8. The van der Waals surface area contributed by atoms with E-state index in [0.717, 1.165) is 23.7 Å². The second-order valence-corrected chi connectivity index (χ2v) is 8.66. The van der Waals surface area contributed by atoms with Crippen LogP contribution in [0.3, 0.4) is 0 Å². The highest BCUT2D eigenvalue weighted by atomic mass is 35.5. The maximum absolute atomic E-state index is 13.5. The zero-order chi connectivity index (χ0) is 23.7. The monoisotopic (exact) mass is 468 g/mol. The Morgan fingerprint density at radius 2 is 1.41 bits per heavy atom. The number of nitrogens with zero attached hydrogens (tertiary/aromatic N) is 3. The average Bonchev–Trinajstić information content (AvgIpc) is 3.48. The largest absolute Gasteiger partial charge is 0.372 e. The third-order valence-corrected chi connectivity index (χ3v) is 6.33. The van der Waals surface area contributed by atoms with Gasteiger partial charge in [0.25, 0.3) is 11.8 Å². The Kier molecular flexibility index (Phi) is 5.79. The Labute approximate surface area is 202 Å². The Bertz CT molecular complexity index is 1320. The van der Waals surface area contributed by atoms with E-state index in [0.29, 0.717) is 27.5 Å². The molecule has 2 aliphatic rings. The number of carbonyl (C=O) groups excluding carboxylic acids is 2. The topological polar surface area (TPSA) is 76.4 Å². The second-order valence-electron chi connectivity index (χ2n) is 8.23. The van der Waals surface area contributed by atoms with Crippen LogP contribution >= 0.6 is 11.6 Å². The minimum absolute atomic E-state index is 0.200. The van der Waals surface area contributed by atoms with Crippen LogP contribution in [0.25, 0.3) is 5.57 Å². The highest BCUT2D eigenvalue weighted by molar-refractivity contribution is 6.46. The van der Waals surface area contributed by atoms with Crippen LogP contribution in [-0.4, -0.2) is 24.9 Å². The molecule has 5 rings (SSSR count). The zero-order valence-corrected chi connectivity index (χ0v) is 19.0. The molecule has 0 unspecified atom stereocenters. The molecule has 0 bridgehead atoms. The van der Waals surface area contributed by atoms with Crippen LogP contribution in [0.4, 0.5) is 17.1 Å². The molecule has 6 nitrogen and oxygen atoms in total. The lowest BCUT2D eigenvalue weighted by Gasteiger charge is -2.18. The molecular weight excluding hydrogens is 448 g/mol. The van der Waals surface area contributed by atoms with Crippen molar-refractivity contribution < 1.29 is 9.59 Å². The van der Waals surface area contributed by atoms with E-state index in [2.05, 4.69) is 10.2 Å². The number of hydrogen-bond acceptors (Lipinski definition) is 5. The number of amides is 2. The van der Waals surface area contributed by atoms with Crippen molar-refractivity contribution in [2.75, 3.05) is 28.2 Å². The number of carbonyl (C=O) groups is 2. The highest BCUT2D eigenvalue weighted by Gasteiger charge is 2.40. The van der Waals surface area contributed by atoms with Crippen molar-refractivity contribution >= 4 is 46.1 Å². The Hall–Kier alpha value is -4.08. The van der Waals surface area contributed by atoms with E-state index in [1.807, 2.05) is 30.3 Å². The first-order valence-electron chi connectivity index (χ1n) is 11.1. The van der Waals surface area contributed by atoms with Crippen molar-refractivity contribution in [1.29, 1.82) is 5.26 Å². The summed E-state index contributed by atoms with van der Waals surface area (Å²) in [4.78, 5) is 30.4. The summed E-state index contributed by atoms with van der Waals surface area (Å²) in [5.74, 6) is -0.892. The van der Waals surface area contributed by atoms with Gasteiger partial charge in [-0.15, -0.1) is 0 Å². The summed E-state index contributed by atoms with van der Waals surface area (Å²) in [6.07, 6.45) is 2.39. The molecule has 1 fully saturated rings. The van der Waals surface area contributed by atoms with Gasteiger partial charge in [0.1, 0.15) is 5.70 Å². The first kappa shape index (κ1) is 21.7. The van der Waals surface area contributed by atoms with Crippen molar-refractivity contribution in [1.82, 2.24) is 0 Å². The maximum Gasteiger partial charge on any atom is 0.282 e. The number of hydrogen-bond donors (Lipinski definition) is 1. The molecule has 3 aromatic carbocycles. The SMILES string of the molecule is N#Cc1ccc(N2C(=O)C(Nc3ccc(N4CCCC4)cc3)=C(c3ccc(Cl)cc3)C2=O)cc1. The predicted molar refractivity (Wildman–Crippen MR) is 134 cm³/mol. The quantitative estimate of drug-likeness (QED) is 0.520. The fourth-order valence-corrected chi connectivity index (χ4v) is 4.45. The number of rotatable bonds is 5. The molecule has 168 valence electrons. The van der Waals surface area contributed by atoms with E-state index in [1.54, 1.807) is 48.5 Å². The number of imide groups is 1. The molecule has 0 aromatic heterocycles. The van der Waals surface area contributed by atoms with Crippen LogP contribution < -0.4 is 15.1 Å². The molecule has 2 amide bonds. The number of nitrogens with one attached hydrogen (secondary N) is 1. The zero-order valence-electron chi connectivity index (χ0n) is 18.3. The van der Waals surface area contributed by atoms with E-state index >= 15 is 0 Å². The molecule has 1 saturated heterocycles. The number of anilines is 3. The van der Waals surface area contributed by atoms with Gasteiger partial charge in [0, 0.05) is 29.5 Å². The summed E-state index contributed by atoms with van der Waals surface area (Å²) >= 11 is 6.05. The smallest absolute Gasteiger partial charge is 0.282 e. The lowest BCUT2D eigenvalue weighted by atomic mass is 10.0. The molecule has 1 N–H and O–H groups in total. The van der Waals surface area contributed by atoms with Crippen molar-refractivity contribution in [3.05, 3.63) is 94.6 Å². The van der Waals surface area contributed by atoms with Gasteiger partial charge >= 0.3 is 0 Å². The molecule has 0 atom stereocenters. The fourth-order valence-electron chi connectivity index (χ4n) is 4.32. The molecule has 0 saturated carbocycles. The Balaban J connectivity index is 1.51. The van der Waals surface area contributed by atoms with Gasteiger partial charge < -0.3 is 10.2 Å². The molecule has 34 heavy (non-hydrogen) atoms. The molecular formula is C27H21ClN4O2. The molecule has 7 heteroatoms. The highest BCUT2D eigenvalue weighted by Crippen LogP contribution is 2.34. The summed E-state index contributed by atoms with van der Waals surface area (Å²) in [7, 11) is 0. The van der Waals surface area contributed by atoms with Crippen LogP contribution in [0.1, 0.15) is 24.0 Å². The van der Waals surface area contributed by atoms with Crippen LogP contribution in [0.2, 0.25) is 5.02 Å². The number of nitriles is 1. The van der Waals surface area contributed by atoms with Gasteiger partial charge in [0.2, 0.25) is 0 Å². The van der Waals surface area contributed by atoms with E-state index in [9.17, 15) is 9.59 Å². The fraction of sp³-hybridized carbons (Fsp3) is 0.148. The van der Waals surface area contributed by atoms with Gasteiger partial charge in [-0.2, -0.15) is 5.26 Å². The average molecular weight is 469 g/mol. The van der Waals surface area contributed by atoms with Gasteiger partial charge in [-0.1, -0.05) is 23.7 Å². The number of halogens is 1. The third kappa shape index (κ3) is 4.02. The Morgan fingerprint density at radius 3 is 2.03 bits per heavy atom. The first-order valence-corrected chi connectivity index (χ1v) is 11.4. The van der Waals surface area contributed by atoms with Crippen LogP contribution in [0.5, 0.6) is 0 Å². The maximum atomic E-state index is 13.5. The van der Waals surface area contributed by atoms with E-state index in [4.69, 9.17) is 16.9 Å². The van der Waals surface area contributed by atoms with Crippen molar-refractivity contribution in [2.24, 2.45) is 0 Å². The van der Waals surface area contributed by atoms with E-state index < -0.39 is 11.8 Å². The van der Waals surface area contributed by atoms with Crippen molar-refractivity contribution in [2.45, 2.75) is 12.8 Å². The molecule has 0 radical (unpaired) electrons. The third-order valence-electron chi connectivity index (χ3n) is 6.08. The summed E-state index contributed by atoms with van der Waals surface area (Å²) in [5, 5.41) is 12.8. The van der Waals surface area contributed by atoms with Crippen LogP contribution in [0, 0.1) is 11.3 Å². The molecule has 2 heterocycles. The summed E-state index contributed by atoms with van der Waals surface area (Å²) in [5.41, 5.74) is 3.78. The summed E-state index contributed by atoms with van der Waals surface area (Å²) in [6, 6.07) is 23.1. The van der Waals surface area contributed by atoms with Gasteiger partial charge in [0.05, 0.1) is 22.9 Å². The predicted octanol–water partition coefficient (Wildman–Crippen LogP) is 5.21. The van der Waals surface area contributed by atoms with Gasteiger partial charge in [-0.25, -0.2) is 4.90 Å². The summed E-state index contributed by atoms with van der Waals surface area (Å²) < 4.78 is 0. The van der Waals surface area contributed by atoms with Crippen molar-refractivity contribution in [3.8, 4) is 6.07 Å². The van der Waals surface area contributed by atoms with Gasteiger partial charge in [-0.3, -0.25) is 9.59 Å². The van der Waals surface area contributed by atoms with Gasteiger partial charge in [-0.05, 0) is 79.1 Å². The summed E-state index contributed by atoms with van der Waals surface area (Å²) in [6.45, 7) is 2.09. The minimum Gasteiger partial charge on any atom is -0.372 e. The van der Waals surface area contributed by atoms with Crippen LogP contribution in [-0.2, 0) is 9.59 Å². The van der Waals surface area contributed by atoms with E-state index in [1.165, 1.54) is 12.8 Å². The van der Waals surface area contributed by atoms with Gasteiger partial charge in [0.15, 0.2) is 0 Å². The lowest BCUT2D eigenvalue weighted by molar-refractivity contribution is -0.120.